The minimum Gasteiger partial charge on any atom is -0.331 e. The van der Waals surface area contributed by atoms with E-state index in [1.807, 2.05) is 37.3 Å². The van der Waals surface area contributed by atoms with E-state index in [2.05, 4.69) is 17.2 Å². The van der Waals surface area contributed by atoms with Crippen molar-refractivity contribution in [3.05, 3.63) is 48.7 Å². The van der Waals surface area contributed by atoms with Crippen LogP contribution in [0.2, 0.25) is 0 Å². The van der Waals surface area contributed by atoms with Gasteiger partial charge >= 0.3 is 6.03 Å². The molecule has 3 heteroatoms. The van der Waals surface area contributed by atoms with E-state index >= 15 is 0 Å². The summed E-state index contributed by atoms with van der Waals surface area (Å²) in [5, 5.41) is 5.24. The van der Waals surface area contributed by atoms with Crippen molar-refractivity contribution >= 4 is 6.03 Å². The Balaban J connectivity index is 2.54. The molecule has 0 bridgehead atoms. The molecule has 1 atom stereocenters. The van der Waals surface area contributed by atoms with E-state index in [9.17, 15) is 4.79 Å². The molecule has 0 aromatic heterocycles. The Labute approximate surface area is 83.8 Å². The number of carbonyl (C=O) groups excluding carboxylic acids is 1. The van der Waals surface area contributed by atoms with Crippen LogP contribution >= 0.6 is 0 Å². The van der Waals surface area contributed by atoms with Gasteiger partial charge in [0, 0.05) is 0 Å². The Morgan fingerprint density at radius 1 is 1.43 bits per heavy atom. The molecule has 0 fully saturated rings. The average molecular weight is 190 g/mol. The lowest BCUT2D eigenvalue weighted by atomic mass is 10.1. The van der Waals surface area contributed by atoms with Crippen LogP contribution in [-0.4, -0.2) is 6.03 Å². The van der Waals surface area contributed by atoms with Crippen molar-refractivity contribution in [1.82, 2.24) is 10.6 Å². The number of hydrogen-bond donors (Lipinski definition) is 2. The maximum atomic E-state index is 11.1. The standard InChI is InChI=1S/C11H14N2O/c1-3-12-11(14)13-9(2)10-7-5-4-6-8-10/h3-9H,1H2,2H3,(H2,12,13,14). The Hall–Kier alpha value is -1.77. The summed E-state index contributed by atoms with van der Waals surface area (Å²) < 4.78 is 0. The molecule has 2 N–H and O–H groups in total. The summed E-state index contributed by atoms with van der Waals surface area (Å²) in [7, 11) is 0. The van der Waals surface area contributed by atoms with Gasteiger partial charge in [-0.25, -0.2) is 4.79 Å². The average Bonchev–Trinajstić information content (AvgIpc) is 2.19. The van der Waals surface area contributed by atoms with Crippen molar-refractivity contribution in [2.24, 2.45) is 0 Å². The molecule has 3 nitrogen and oxygen atoms in total. The lowest BCUT2D eigenvalue weighted by Crippen LogP contribution is -2.33. The van der Waals surface area contributed by atoms with E-state index in [1.165, 1.54) is 6.20 Å². The molecule has 0 aliphatic heterocycles. The first-order chi connectivity index (χ1) is 6.74. The summed E-state index contributed by atoms with van der Waals surface area (Å²) in [6, 6.07) is 9.53. The van der Waals surface area contributed by atoms with Crippen LogP contribution in [0.3, 0.4) is 0 Å². The van der Waals surface area contributed by atoms with Gasteiger partial charge in [0.2, 0.25) is 0 Å². The molecule has 1 unspecified atom stereocenters. The highest BCUT2D eigenvalue weighted by Crippen LogP contribution is 2.10. The number of hydrogen-bond acceptors (Lipinski definition) is 1. The first-order valence-corrected chi connectivity index (χ1v) is 4.47. The molecule has 1 aromatic rings. The Morgan fingerprint density at radius 2 is 2.07 bits per heavy atom. The predicted octanol–water partition coefficient (Wildman–Crippen LogP) is 2.19. The number of rotatable bonds is 3. The number of nitrogens with one attached hydrogen (secondary N) is 2. The van der Waals surface area contributed by atoms with Gasteiger partial charge in [0.25, 0.3) is 0 Å². The van der Waals surface area contributed by atoms with Gasteiger partial charge in [0.15, 0.2) is 0 Å². The van der Waals surface area contributed by atoms with Crippen LogP contribution in [0.4, 0.5) is 4.79 Å². The third-order valence-corrected chi connectivity index (χ3v) is 1.88. The van der Waals surface area contributed by atoms with Crippen LogP contribution in [-0.2, 0) is 0 Å². The van der Waals surface area contributed by atoms with E-state index in [1.54, 1.807) is 0 Å². The summed E-state index contributed by atoms with van der Waals surface area (Å²) in [6.07, 6.45) is 1.35. The predicted molar refractivity (Wildman–Crippen MR) is 56.7 cm³/mol. The van der Waals surface area contributed by atoms with Crippen LogP contribution in [0.5, 0.6) is 0 Å². The zero-order chi connectivity index (χ0) is 10.4. The molecule has 0 radical (unpaired) electrons. The van der Waals surface area contributed by atoms with Gasteiger partial charge in [-0.15, -0.1) is 0 Å². The number of carbonyl (C=O) groups is 1. The quantitative estimate of drug-likeness (QED) is 0.753. The van der Waals surface area contributed by atoms with E-state index in [-0.39, 0.29) is 12.1 Å². The van der Waals surface area contributed by atoms with Gasteiger partial charge in [-0.1, -0.05) is 36.9 Å². The van der Waals surface area contributed by atoms with Gasteiger partial charge in [0.1, 0.15) is 0 Å². The SMILES string of the molecule is C=CNC(=O)NC(C)c1ccccc1. The van der Waals surface area contributed by atoms with Gasteiger partial charge < -0.3 is 10.6 Å². The first-order valence-electron chi connectivity index (χ1n) is 4.47. The zero-order valence-electron chi connectivity index (χ0n) is 8.16. The number of amides is 2. The highest BCUT2D eigenvalue weighted by molar-refractivity contribution is 5.75. The summed E-state index contributed by atoms with van der Waals surface area (Å²) in [5.41, 5.74) is 1.08. The maximum Gasteiger partial charge on any atom is 0.319 e. The van der Waals surface area contributed by atoms with Crippen LogP contribution in [0.1, 0.15) is 18.5 Å². The van der Waals surface area contributed by atoms with Gasteiger partial charge in [-0.2, -0.15) is 0 Å². The van der Waals surface area contributed by atoms with Gasteiger partial charge in [-0.05, 0) is 18.7 Å². The second kappa shape index (κ2) is 5.07. The second-order valence-corrected chi connectivity index (χ2v) is 2.95. The maximum absolute atomic E-state index is 11.1. The van der Waals surface area contributed by atoms with Crippen LogP contribution in [0, 0.1) is 0 Å². The van der Waals surface area contributed by atoms with E-state index in [0.717, 1.165) is 5.56 Å². The third-order valence-electron chi connectivity index (χ3n) is 1.88. The highest BCUT2D eigenvalue weighted by Gasteiger charge is 2.06. The fraction of sp³-hybridized carbons (Fsp3) is 0.182. The number of benzene rings is 1. The van der Waals surface area contributed by atoms with Crippen molar-refractivity contribution in [2.75, 3.05) is 0 Å². The molecule has 2 amide bonds. The van der Waals surface area contributed by atoms with Crippen molar-refractivity contribution in [3.8, 4) is 0 Å². The molecular formula is C11H14N2O. The van der Waals surface area contributed by atoms with E-state index in [4.69, 9.17) is 0 Å². The summed E-state index contributed by atoms with van der Waals surface area (Å²) in [5.74, 6) is 0. The van der Waals surface area contributed by atoms with Crippen LogP contribution in [0.15, 0.2) is 43.1 Å². The monoisotopic (exact) mass is 190 g/mol. The molecule has 0 heterocycles. The largest absolute Gasteiger partial charge is 0.331 e. The van der Waals surface area contributed by atoms with Crippen molar-refractivity contribution in [2.45, 2.75) is 13.0 Å². The Bertz CT molecular complexity index is 308. The fourth-order valence-corrected chi connectivity index (χ4v) is 1.16. The molecule has 74 valence electrons. The fourth-order valence-electron chi connectivity index (χ4n) is 1.16. The first kappa shape index (κ1) is 10.3. The molecule has 14 heavy (non-hydrogen) atoms. The normalized spacial score (nSPS) is 11.5. The smallest absolute Gasteiger partial charge is 0.319 e. The van der Waals surface area contributed by atoms with Crippen molar-refractivity contribution < 1.29 is 4.79 Å². The molecule has 0 spiro atoms. The zero-order valence-corrected chi connectivity index (χ0v) is 8.16. The molecule has 1 aromatic carbocycles. The van der Waals surface area contributed by atoms with Crippen LogP contribution in [0.25, 0.3) is 0 Å². The lowest BCUT2D eigenvalue weighted by Gasteiger charge is -2.13. The van der Waals surface area contributed by atoms with Gasteiger partial charge in [-0.3, -0.25) is 0 Å². The Kier molecular flexibility index (Phi) is 3.73. The molecular weight excluding hydrogens is 176 g/mol. The van der Waals surface area contributed by atoms with Gasteiger partial charge in [0.05, 0.1) is 6.04 Å². The van der Waals surface area contributed by atoms with E-state index in [0.29, 0.717) is 0 Å². The molecule has 0 aliphatic carbocycles. The van der Waals surface area contributed by atoms with Crippen molar-refractivity contribution in [3.63, 3.8) is 0 Å². The summed E-state index contributed by atoms with van der Waals surface area (Å²) in [4.78, 5) is 11.1. The topological polar surface area (TPSA) is 41.1 Å². The molecule has 0 saturated heterocycles. The second-order valence-electron chi connectivity index (χ2n) is 2.95. The third kappa shape index (κ3) is 2.94. The van der Waals surface area contributed by atoms with Crippen LogP contribution < -0.4 is 10.6 Å². The number of urea groups is 1. The lowest BCUT2D eigenvalue weighted by molar-refractivity contribution is 0.241. The molecule has 1 rings (SSSR count). The Morgan fingerprint density at radius 3 is 2.64 bits per heavy atom. The van der Waals surface area contributed by atoms with Crippen molar-refractivity contribution in [1.29, 1.82) is 0 Å². The minimum atomic E-state index is -0.239. The highest BCUT2D eigenvalue weighted by atomic mass is 16.2. The molecule has 0 aliphatic rings. The van der Waals surface area contributed by atoms with E-state index < -0.39 is 0 Å². The molecule has 0 saturated carbocycles. The minimum absolute atomic E-state index is 0.00356. The summed E-state index contributed by atoms with van der Waals surface area (Å²) >= 11 is 0. The summed E-state index contributed by atoms with van der Waals surface area (Å²) in [6.45, 7) is 5.34.